The van der Waals surface area contributed by atoms with Gasteiger partial charge in [-0.25, -0.2) is 9.69 Å². The van der Waals surface area contributed by atoms with Gasteiger partial charge in [0.2, 0.25) is 0 Å². The molecule has 2 aromatic carbocycles. The van der Waals surface area contributed by atoms with Crippen LogP contribution in [0.25, 0.3) is 6.08 Å². The molecular weight excluding hydrogens is 428 g/mol. The molecule has 8 heteroatoms. The molecule has 2 aromatic rings. The van der Waals surface area contributed by atoms with E-state index < -0.39 is 17.8 Å². The Kier molecular flexibility index (Phi) is 5.51. The van der Waals surface area contributed by atoms with Crippen molar-refractivity contribution in [2.45, 2.75) is 20.0 Å². The van der Waals surface area contributed by atoms with Crippen molar-refractivity contribution in [3.05, 3.63) is 58.1 Å². The van der Waals surface area contributed by atoms with Crippen LogP contribution in [0.3, 0.4) is 0 Å². The van der Waals surface area contributed by atoms with Crippen LogP contribution in [0.2, 0.25) is 0 Å². The van der Waals surface area contributed by atoms with Gasteiger partial charge < -0.3 is 9.84 Å². The smallest absolute Gasteiger partial charge is 0.335 e. The summed E-state index contributed by atoms with van der Waals surface area (Å²) < 4.78 is 6.48. The molecular formula is C20H17BrN2O5. The Morgan fingerprint density at radius 3 is 2.43 bits per heavy atom. The van der Waals surface area contributed by atoms with Gasteiger partial charge in [-0.2, -0.15) is 0 Å². The number of aromatic hydroxyl groups is 1. The van der Waals surface area contributed by atoms with Crippen molar-refractivity contribution in [2.75, 3.05) is 4.90 Å². The van der Waals surface area contributed by atoms with Gasteiger partial charge in [-0.3, -0.25) is 14.9 Å². The number of anilines is 1. The summed E-state index contributed by atoms with van der Waals surface area (Å²) in [5.41, 5.74) is 0.535. The number of amides is 4. The van der Waals surface area contributed by atoms with Crippen molar-refractivity contribution in [2.24, 2.45) is 0 Å². The number of carbonyl (C=O) groups is 3. The van der Waals surface area contributed by atoms with Gasteiger partial charge in [-0.1, -0.05) is 15.9 Å². The average molecular weight is 445 g/mol. The summed E-state index contributed by atoms with van der Waals surface area (Å²) in [7, 11) is 0. The van der Waals surface area contributed by atoms with E-state index in [1.165, 1.54) is 30.3 Å². The number of benzene rings is 2. The fourth-order valence-corrected chi connectivity index (χ4v) is 3.02. The van der Waals surface area contributed by atoms with Crippen molar-refractivity contribution in [3.63, 3.8) is 0 Å². The van der Waals surface area contributed by atoms with Crippen LogP contribution in [-0.4, -0.2) is 29.1 Å². The molecule has 2 N–H and O–H groups in total. The van der Waals surface area contributed by atoms with E-state index >= 15 is 0 Å². The molecule has 0 spiro atoms. The summed E-state index contributed by atoms with van der Waals surface area (Å²) in [6.45, 7) is 3.73. The highest BCUT2D eigenvalue weighted by Gasteiger charge is 2.37. The molecule has 0 bridgehead atoms. The van der Waals surface area contributed by atoms with E-state index in [2.05, 4.69) is 21.2 Å². The topological polar surface area (TPSA) is 95.9 Å². The van der Waals surface area contributed by atoms with Gasteiger partial charge in [-0.05, 0) is 62.4 Å². The third kappa shape index (κ3) is 4.07. The van der Waals surface area contributed by atoms with E-state index in [9.17, 15) is 19.5 Å². The number of hydrogen-bond donors (Lipinski definition) is 2. The maximum atomic E-state index is 12.9. The lowest BCUT2D eigenvalue weighted by atomic mass is 10.1. The number of barbiturate groups is 1. The predicted molar refractivity (Wildman–Crippen MR) is 107 cm³/mol. The number of nitrogens with zero attached hydrogens (tertiary/aromatic N) is 1. The van der Waals surface area contributed by atoms with Crippen molar-refractivity contribution in [3.8, 4) is 11.5 Å². The molecule has 1 aliphatic heterocycles. The Morgan fingerprint density at radius 2 is 1.79 bits per heavy atom. The van der Waals surface area contributed by atoms with Gasteiger partial charge in [0.1, 0.15) is 17.1 Å². The molecule has 0 radical (unpaired) electrons. The number of halogens is 1. The largest absolute Gasteiger partial charge is 0.508 e. The molecule has 0 atom stereocenters. The average Bonchev–Trinajstić information content (AvgIpc) is 2.62. The summed E-state index contributed by atoms with van der Waals surface area (Å²) in [6, 6.07) is 9.88. The highest BCUT2D eigenvalue weighted by atomic mass is 79.9. The van der Waals surface area contributed by atoms with Crippen LogP contribution in [0.15, 0.2) is 52.5 Å². The van der Waals surface area contributed by atoms with Crippen LogP contribution in [0.5, 0.6) is 11.5 Å². The van der Waals surface area contributed by atoms with Crippen molar-refractivity contribution in [1.29, 1.82) is 0 Å². The van der Waals surface area contributed by atoms with E-state index in [-0.39, 0.29) is 23.1 Å². The number of urea groups is 1. The fraction of sp³-hybridized carbons (Fsp3) is 0.150. The second-order valence-electron chi connectivity index (χ2n) is 6.32. The van der Waals surface area contributed by atoms with E-state index in [1.807, 2.05) is 13.8 Å². The normalized spacial score (nSPS) is 15.9. The molecule has 0 aliphatic carbocycles. The minimum atomic E-state index is -0.856. The van der Waals surface area contributed by atoms with E-state index in [0.717, 1.165) is 9.37 Å². The summed E-state index contributed by atoms with van der Waals surface area (Å²) in [6.07, 6.45) is 1.28. The number of carbonyl (C=O) groups excluding carboxylic acids is 3. The Morgan fingerprint density at radius 1 is 1.11 bits per heavy atom. The number of ether oxygens (including phenoxy) is 1. The van der Waals surface area contributed by atoms with Gasteiger partial charge in [0, 0.05) is 10.0 Å². The lowest BCUT2D eigenvalue weighted by Gasteiger charge is -2.26. The molecule has 7 nitrogen and oxygen atoms in total. The minimum absolute atomic E-state index is 0.00919. The summed E-state index contributed by atoms with van der Waals surface area (Å²) in [5.74, 6) is -1.07. The second kappa shape index (κ2) is 7.85. The maximum Gasteiger partial charge on any atom is 0.335 e. The quantitative estimate of drug-likeness (QED) is 0.554. The number of phenols is 1. The van der Waals surface area contributed by atoms with E-state index in [4.69, 9.17) is 4.74 Å². The van der Waals surface area contributed by atoms with Gasteiger partial charge in [0.15, 0.2) is 0 Å². The zero-order valence-corrected chi connectivity index (χ0v) is 16.7. The first-order valence-corrected chi connectivity index (χ1v) is 9.22. The van der Waals surface area contributed by atoms with Gasteiger partial charge in [0.05, 0.1) is 11.8 Å². The monoisotopic (exact) mass is 444 g/mol. The van der Waals surface area contributed by atoms with Crippen LogP contribution in [-0.2, 0) is 9.59 Å². The molecule has 0 saturated carbocycles. The number of nitrogens with one attached hydrogen (secondary N) is 1. The lowest BCUT2D eigenvalue weighted by Crippen LogP contribution is -2.54. The molecule has 1 saturated heterocycles. The summed E-state index contributed by atoms with van der Waals surface area (Å²) in [4.78, 5) is 38.3. The SMILES string of the molecule is CC(C)Oc1ccc(Br)cc1/C=C1\C(=O)NC(=O)N(c2ccc(O)cc2)C1=O. The number of imide groups is 2. The van der Waals surface area contributed by atoms with Gasteiger partial charge in [0.25, 0.3) is 11.8 Å². The number of hydrogen-bond acceptors (Lipinski definition) is 5. The Labute approximate surface area is 169 Å². The molecule has 0 aromatic heterocycles. The zero-order chi connectivity index (χ0) is 20.4. The van der Waals surface area contributed by atoms with Crippen LogP contribution >= 0.6 is 15.9 Å². The Balaban J connectivity index is 2.04. The van der Waals surface area contributed by atoms with Crippen LogP contribution in [0.1, 0.15) is 19.4 Å². The number of rotatable bonds is 4. The lowest BCUT2D eigenvalue weighted by molar-refractivity contribution is -0.122. The highest BCUT2D eigenvalue weighted by Crippen LogP contribution is 2.29. The van der Waals surface area contributed by atoms with Crippen molar-refractivity contribution >= 4 is 45.5 Å². The molecule has 3 rings (SSSR count). The van der Waals surface area contributed by atoms with Crippen LogP contribution in [0.4, 0.5) is 10.5 Å². The highest BCUT2D eigenvalue weighted by molar-refractivity contribution is 9.10. The number of phenolic OH excluding ortho intramolecular Hbond substituents is 1. The fourth-order valence-electron chi connectivity index (χ4n) is 2.64. The van der Waals surface area contributed by atoms with Crippen LogP contribution < -0.4 is 15.0 Å². The molecule has 28 heavy (non-hydrogen) atoms. The Hall–Kier alpha value is -3.13. The molecule has 1 heterocycles. The van der Waals surface area contributed by atoms with E-state index in [0.29, 0.717) is 11.3 Å². The minimum Gasteiger partial charge on any atom is -0.508 e. The van der Waals surface area contributed by atoms with E-state index in [1.54, 1.807) is 18.2 Å². The molecule has 1 aliphatic rings. The van der Waals surface area contributed by atoms with Crippen molar-refractivity contribution < 1.29 is 24.2 Å². The third-order valence-corrected chi connectivity index (χ3v) is 4.34. The first-order chi connectivity index (χ1) is 13.3. The van der Waals surface area contributed by atoms with Gasteiger partial charge >= 0.3 is 6.03 Å². The standard InChI is InChI=1S/C20H17BrN2O5/c1-11(2)28-17-8-3-13(21)9-12(17)10-16-18(25)22-20(27)23(19(16)26)14-4-6-15(24)7-5-14/h3-11,24H,1-2H3,(H,22,25,27)/b16-10+. The molecule has 4 amide bonds. The third-order valence-electron chi connectivity index (χ3n) is 3.84. The van der Waals surface area contributed by atoms with Crippen LogP contribution in [0, 0.1) is 0 Å². The van der Waals surface area contributed by atoms with Crippen molar-refractivity contribution in [1.82, 2.24) is 5.32 Å². The predicted octanol–water partition coefficient (Wildman–Crippen LogP) is 3.61. The molecule has 1 fully saturated rings. The maximum absolute atomic E-state index is 12.9. The van der Waals surface area contributed by atoms with Gasteiger partial charge in [-0.15, -0.1) is 0 Å². The Bertz CT molecular complexity index is 983. The summed E-state index contributed by atoms with van der Waals surface area (Å²) in [5, 5.41) is 11.6. The zero-order valence-electron chi connectivity index (χ0n) is 15.1. The molecule has 144 valence electrons. The first kappa shape index (κ1) is 19.6. The first-order valence-electron chi connectivity index (χ1n) is 8.43. The molecule has 0 unspecified atom stereocenters. The second-order valence-corrected chi connectivity index (χ2v) is 7.24. The summed E-state index contributed by atoms with van der Waals surface area (Å²) >= 11 is 3.36.